The Bertz CT molecular complexity index is 1010. The molecule has 1 aromatic heterocycles. The molecule has 1 amide bonds. The van der Waals surface area contributed by atoms with Gasteiger partial charge in [0.1, 0.15) is 0 Å². The second-order valence-corrected chi connectivity index (χ2v) is 9.82. The molecule has 0 atom stereocenters. The lowest BCUT2D eigenvalue weighted by Gasteiger charge is -2.38. The molecule has 1 fully saturated rings. The molecule has 188 valence electrons. The third-order valence-electron chi connectivity index (χ3n) is 7.19. The van der Waals surface area contributed by atoms with E-state index < -0.39 is 0 Å². The van der Waals surface area contributed by atoms with Crippen LogP contribution in [0.15, 0.2) is 91.3 Å². The van der Waals surface area contributed by atoms with Gasteiger partial charge in [-0.25, -0.2) is 0 Å². The van der Waals surface area contributed by atoms with Gasteiger partial charge in [-0.3, -0.25) is 14.7 Å². The summed E-state index contributed by atoms with van der Waals surface area (Å²) in [6, 6.07) is 26.1. The first-order chi connectivity index (χ1) is 17.8. The smallest absolute Gasteiger partial charge is 0.243 e. The summed E-state index contributed by atoms with van der Waals surface area (Å²) < 4.78 is 0. The van der Waals surface area contributed by atoms with Gasteiger partial charge in [0.25, 0.3) is 0 Å². The SMILES string of the molecule is O=C(C=Cc1cccnc1)NCCCCCCC1CCN(C(c2ccccc2)c2ccccc2)CC1. The van der Waals surface area contributed by atoms with E-state index in [-0.39, 0.29) is 5.91 Å². The van der Waals surface area contributed by atoms with E-state index in [0.29, 0.717) is 6.04 Å². The van der Waals surface area contributed by atoms with E-state index in [1.807, 2.05) is 12.1 Å². The largest absolute Gasteiger partial charge is 0.353 e. The first-order valence-corrected chi connectivity index (χ1v) is 13.5. The van der Waals surface area contributed by atoms with E-state index in [4.69, 9.17) is 0 Å². The summed E-state index contributed by atoms with van der Waals surface area (Å²) in [7, 11) is 0. The summed E-state index contributed by atoms with van der Waals surface area (Å²) in [4.78, 5) is 18.7. The molecule has 4 nitrogen and oxygen atoms in total. The monoisotopic (exact) mass is 481 g/mol. The summed E-state index contributed by atoms with van der Waals surface area (Å²) in [5.74, 6) is 0.806. The fourth-order valence-corrected chi connectivity index (χ4v) is 5.21. The maximum Gasteiger partial charge on any atom is 0.243 e. The summed E-state index contributed by atoms with van der Waals surface area (Å²) in [6.45, 7) is 3.07. The molecule has 1 aliphatic rings. The van der Waals surface area contributed by atoms with Crippen molar-refractivity contribution in [1.29, 1.82) is 0 Å². The Morgan fingerprint density at radius 3 is 2.19 bits per heavy atom. The van der Waals surface area contributed by atoms with Gasteiger partial charge in [0, 0.05) is 25.0 Å². The van der Waals surface area contributed by atoms with Crippen LogP contribution in [0.4, 0.5) is 0 Å². The second kappa shape index (κ2) is 14.4. The van der Waals surface area contributed by atoms with Crippen molar-refractivity contribution >= 4 is 12.0 Å². The number of aromatic nitrogens is 1. The molecule has 3 aromatic rings. The fourth-order valence-electron chi connectivity index (χ4n) is 5.21. The first-order valence-electron chi connectivity index (χ1n) is 13.5. The molecular formula is C32H39N3O. The number of carbonyl (C=O) groups is 1. The van der Waals surface area contributed by atoms with Gasteiger partial charge in [-0.05, 0) is 67.1 Å². The minimum atomic E-state index is -0.0325. The van der Waals surface area contributed by atoms with Crippen molar-refractivity contribution in [2.45, 2.75) is 51.0 Å². The number of carbonyl (C=O) groups excluding carboxylic acids is 1. The Hall–Kier alpha value is -3.24. The molecule has 0 radical (unpaired) electrons. The Kier molecular flexibility index (Phi) is 10.3. The van der Waals surface area contributed by atoms with Crippen LogP contribution in [0.3, 0.4) is 0 Å². The van der Waals surface area contributed by atoms with Crippen LogP contribution in [0.25, 0.3) is 6.08 Å². The van der Waals surface area contributed by atoms with Gasteiger partial charge in [-0.2, -0.15) is 0 Å². The number of rotatable bonds is 12. The van der Waals surface area contributed by atoms with Crippen LogP contribution in [0, 0.1) is 5.92 Å². The standard InChI is InChI=1S/C32H39N3O/c36-31(19-18-28-13-11-22-33-26-28)34-23-10-2-1-5-12-27-20-24-35(25-21-27)32(29-14-6-3-7-15-29)30-16-8-4-9-17-30/h3-4,6-9,11,13-19,22,26-27,32H,1-2,5,10,12,20-21,23-25H2,(H,34,36). The molecule has 36 heavy (non-hydrogen) atoms. The van der Waals surface area contributed by atoms with Crippen LogP contribution in [0.5, 0.6) is 0 Å². The van der Waals surface area contributed by atoms with Crippen LogP contribution in [0.1, 0.15) is 67.7 Å². The Morgan fingerprint density at radius 1 is 0.889 bits per heavy atom. The van der Waals surface area contributed by atoms with Crippen molar-refractivity contribution in [1.82, 2.24) is 15.2 Å². The highest BCUT2D eigenvalue weighted by atomic mass is 16.1. The quantitative estimate of drug-likeness (QED) is 0.232. The number of unbranched alkanes of at least 4 members (excludes halogenated alkanes) is 3. The Morgan fingerprint density at radius 2 is 1.56 bits per heavy atom. The third kappa shape index (κ3) is 8.17. The lowest BCUT2D eigenvalue weighted by atomic mass is 9.88. The van der Waals surface area contributed by atoms with E-state index in [2.05, 4.69) is 75.9 Å². The van der Waals surface area contributed by atoms with Gasteiger partial charge in [0.15, 0.2) is 0 Å². The van der Waals surface area contributed by atoms with E-state index in [1.54, 1.807) is 24.5 Å². The number of pyridine rings is 1. The molecule has 1 N–H and O–H groups in total. The van der Waals surface area contributed by atoms with Crippen LogP contribution < -0.4 is 5.32 Å². The molecule has 1 saturated heterocycles. The number of likely N-dealkylation sites (tertiary alicyclic amines) is 1. The fraction of sp³-hybridized carbons (Fsp3) is 0.375. The van der Waals surface area contributed by atoms with Crippen molar-refractivity contribution in [3.8, 4) is 0 Å². The molecule has 0 aliphatic carbocycles. The zero-order valence-corrected chi connectivity index (χ0v) is 21.3. The number of nitrogens with zero attached hydrogens (tertiary/aromatic N) is 2. The van der Waals surface area contributed by atoms with Crippen molar-refractivity contribution in [3.63, 3.8) is 0 Å². The molecule has 2 heterocycles. The topological polar surface area (TPSA) is 45.2 Å². The van der Waals surface area contributed by atoms with Crippen LogP contribution >= 0.6 is 0 Å². The highest BCUT2D eigenvalue weighted by Gasteiger charge is 2.27. The average molecular weight is 482 g/mol. The summed E-state index contributed by atoms with van der Waals surface area (Å²) in [6.07, 6.45) is 15.5. The van der Waals surface area contributed by atoms with E-state index in [1.165, 1.54) is 49.7 Å². The number of hydrogen-bond donors (Lipinski definition) is 1. The zero-order valence-electron chi connectivity index (χ0n) is 21.3. The van der Waals surface area contributed by atoms with Crippen molar-refractivity contribution in [2.75, 3.05) is 19.6 Å². The van der Waals surface area contributed by atoms with Crippen molar-refractivity contribution < 1.29 is 4.79 Å². The number of hydrogen-bond acceptors (Lipinski definition) is 3. The molecule has 1 aliphatic heterocycles. The highest BCUT2D eigenvalue weighted by molar-refractivity contribution is 5.91. The van der Waals surface area contributed by atoms with Gasteiger partial charge in [0.2, 0.25) is 5.91 Å². The first kappa shape index (κ1) is 25.8. The van der Waals surface area contributed by atoms with E-state index in [9.17, 15) is 4.79 Å². The number of piperidine rings is 1. The normalized spacial score (nSPS) is 14.9. The molecule has 4 heteroatoms. The maximum atomic E-state index is 11.9. The van der Waals surface area contributed by atoms with Gasteiger partial charge in [0.05, 0.1) is 6.04 Å². The van der Waals surface area contributed by atoms with Gasteiger partial charge >= 0.3 is 0 Å². The van der Waals surface area contributed by atoms with Gasteiger partial charge in [-0.15, -0.1) is 0 Å². The highest BCUT2D eigenvalue weighted by Crippen LogP contribution is 2.33. The summed E-state index contributed by atoms with van der Waals surface area (Å²) in [5, 5.41) is 2.98. The Labute approximate surface area is 216 Å². The van der Waals surface area contributed by atoms with Crippen LogP contribution in [0.2, 0.25) is 0 Å². The second-order valence-electron chi connectivity index (χ2n) is 9.82. The van der Waals surface area contributed by atoms with E-state index in [0.717, 1.165) is 37.5 Å². The predicted molar refractivity (Wildman–Crippen MR) is 148 cm³/mol. The van der Waals surface area contributed by atoms with Crippen molar-refractivity contribution in [2.24, 2.45) is 5.92 Å². The Balaban J connectivity index is 1.11. The lowest BCUT2D eigenvalue weighted by molar-refractivity contribution is -0.116. The molecule has 2 aromatic carbocycles. The molecule has 0 bridgehead atoms. The molecule has 0 spiro atoms. The van der Waals surface area contributed by atoms with Crippen molar-refractivity contribution in [3.05, 3.63) is 108 Å². The van der Waals surface area contributed by atoms with Crippen LogP contribution in [-0.4, -0.2) is 35.4 Å². The molecule has 0 saturated carbocycles. The summed E-state index contributed by atoms with van der Waals surface area (Å²) in [5.41, 5.74) is 3.72. The van der Waals surface area contributed by atoms with E-state index >= 15 is 0 Å². The minimum Gasteiger partial charge on any atom is -0.353 e. The molecule has 0 unspecified atom stereocenters. The molecular weight excluding hydrogens is 442 g/mol. The van der Waals surface area contributed by atoms with Gasteiger partial charge < -0.3 is 5.32 Å². The predicted octanol–water partition coefficient (Wildman–Crippen LogP) is 6.66. The van der Waals surface area contributed by atoms with Gasteiger partial charge in [-0.1, -0.05) is 92.4 Å². The maximum absolute atomic E-state index is 11.9. The van der Waals surface area contributed by atoms with Crippen LogP contribution in [-0.2, 0) is 4.79 Å². The number of amides is 1. The number of benzene rings is 2. The molecule has 4 rings (SSSR count). The summed E-state index contributed by atoms with van der Waals surface area (Å²) >= 11 is 0. The lowest BCUT2D eigenvalue weighted by Crippen LogP contribution is -2.37. The third-order valence-corrected chi connectivity index (χ3v) is 7.19. The minimum absolute atomic E-state index is 0.0325. The number of nitrogens with one attached hydrogen (secondary N) is 1. The average Bonchev–Trinajstić information content (AvgIpc) is 2.94. The zero-order chi connectivity index (χ0) is 24.8.